The summed E-state index contributed by atoms with van der Waals surface area (Å²) in [5.74, 6) is 0. The zero-order chi connectivity index (χ0) is 10.7. The maximum atomic E-state index is 4.09. The minimum absolute atomic E-state index is 1.14. The van der Waals surface area contributed by atoms with E-state index in [-0.39, 0.29) is 0 Å². The van der Waals surface area contributed by atoms with Gasteiger partial charge in [-0.1, -0.05) is 30.8 Å². The SMILES string of the molecule is C=c1cccc/c1=C(/C)N1CCCCC1. The Labute approximate surface area is 91.7 Å². The van der Waals surface area contributed by atoms with Crippen molar-refractivity contribution in [1.82, 2.24) is 4.90 Å². The van der Waals surface area contributed by atoms with Crippen LogP contribution in [0.15, 0.2) is 24.3 Å². The molecule has 0 aromatic heterocycles. The van der Waals surface area contributed by atoms with Crippen LogP contribution in [0.25, 0.3) is 12.3 Å². The Morgan fingerprint density at radius 3 is 2.47 bits per heavy atom. The number of likely N-dealkylation sites (tertiary alicyclic amines) is 1. The molecule has 1 aromatic rings. The van der Waals surface area contributed by atoms with Crippen LogP contribution in [0.2, 0.25) is 0 Å². The maximum absolute atomic E-state index is 4.09. The highest BCUT2D eigenvalue weighted by molar-refractivity contribution is 5.41. The van der Waals surface area contributed by atoms with Crippen LogP contribution < -0.4 is 10.4 Å². The lowest BCUT2D eigenvalue weighted by Crippen LogP contribution is -2.35. The van der Waals surface area contributed by atoms with Crippen LogP contribution in [0.1, 0.15) is 26.2 Å². The molecular formula is C14H19N. The highest BCUT2D eigenvalue weighted by Gasteiger charge is 2.10. The van der Waals surface area contributed by atoms with Crippen LogP contribution in [0.4, 0.5) is 0 Å². The summed E-state index contributed by atoms with van der Waals surface area (Å²) in [4.78, 5) is 2.49. The van der Waals surface area contributed by atoms with Crippen molar-refractivity contribution in [3.63, 3.8) is 0 Å². The molecule has 0 saturated carbocycles. The van der Waals surface area contributed by atoms with Gasteiger partial charge < -0.3 is 4.90 Å². The van der Waals surface area contributed by atoms with Crippen LogP contribution >= 0.6 is 0 Å². The molecule has 0 amide bonds. The molecule has 1 nitrogen and oxygen atoms in total. The molecular weight excluding hydrogens is 182 g/mol. The zero-order valence-electron chi connectivity index (χ0n) is 9.50. The molecule has 0 aliphatic carbocycles. The number of rotatable bonds is 1. The van der Waals surface area contributed by atoms with Gasteiger partial charge in [0.15, 0.2) is 0 Å². The van der Waals surface area contributed by atoms with E-state index >= 15 is 0 Å². The fourth-order valence-corrected chi connectivity index (χ4v) is 2.27. The number of hydrogen-bond acceptors (Lipinski definition) is 1. The van der Waals surface area contributed by atoms with E-state index in [2.05, 4.69) is 42.7 Å². The van der Waals surface area contributed by atoms with E-state index in [1.54, 1.807) is 0 Å². The maximum Gasteiger partial charge on any atom is 0.0180 e. The Bertz CT molecular complexity index is 427. The van der Waals surface area contributed by atoms with Gasteiger partial charge in [-0.3, -0.25) is 0 Å². The van der Waals surface area contributed by atoms with Crippen molar-refractivity contribution in [2.75, 3.05) is 13.1 Å². The topological polar surface area (TPSA) is 3.24 Å². The quantitative estimate of drug-likeness (QED) is 0.668. The van der Waals surface area contributed by atoms with E-state index < -0.39 is 0 Å². The Kier molecular flexibility index (Phi) is 3.10. The smallest absolute Gasteiger partial charge is 0.0180 e. The van der Waals surface area contributed by atoms with Gasteiger partial charge in [0.05, 0.1) is 0 Å². The van der Waals surface area contributed by atoms with Gasteiger partial charge >= 0.3 is 0 Å². The van der Waals surface area contributed by atoms with Crippen molar-refractivity contribution >= 4 is 12.3 Å². The van der Waals surface area contributed by atoms with Crippen molar-refractivity contribution in [2.45, 2.75) is 26.2 Å². The molecule has 80 valence electrons. The van der Waals surface area contributed by atoms with E-state index in [0.29, 0.717) is 0 Å². The van der Waals surface area contributed by atoms with Gasteiger partial charge in [-0.15, -0.1) is 0 Å². The van der Waals surface area contributed by atoms with E-state index in [1.807, 2.05) is 0 Å². The van der Waals surface area contributed by atoms with Gasteiger partial charge in [0.25, 0.3) is 0 Å². The Balaban J connectivity index is 2.39. The first-order valence-electron chi connectivity index (χ1n) is 5.79. The predicted molar refractivity (Wildman–Crippen MR) is 65.7 cm³/mol. The average Bonchev–Trinajstić information content (AvgIpc) is 2.30. The van der Waals surface area contributed by atoms with Gasteiger partial charge in [0.2, 0.25) is 0 Å². The second-order valence-corrected chi connectivity index (χ2v) is 4.29. The summed E-state index contributed by atoms with van der Waals surface area (Å²) >= 11 is 0. The monoisotopic (exact) mass is 201 g/mol. The van der Waals surface area contributed by atoms with E-state index in [1.165, 1.54) is 43.3 Å². The first-order valence-corrected chi connectivity index (χ1v) is 5.79. The zero-order valence-corrected chi connectivity index (χ0v) is 9.50. The minimum atomic E-state index is 1.14. The molecule has 1 heteroatoms. The van der Waals surface area contributed by atoms with Crippen molar-refractivity contribution in [3.05, 3.63) is 34.7 Å². The second kappa shape index (κ2) is 4.52. The summed E-state index contributed by atoms with van der Waals surface area (Å²) < 4.78 is 0. The summed E-state index contributed by atoms with van der Waals surface area (Å²) in [5, 5.41) is 2.44. The first kappa shape index (κ1) is 10.3. The molecule has 1 aliphatic rings. The standard InChI is InChI=1S/C14H19N/c1-12-8-4-5-9-14(12)13(2)15-10-6-3-7-11-15/h4-5,8-9H,1,3,6-7,10-11H2,2H3/b14-13+. The lowest BCUT2D eigenvalue weighted by Gasteiger charge is -2.29. The van der Waals surface area contributed by atoms with Crippen LogP contribution in [-0.2, 0) is 0 Å². The molecule has 1 fully saturated rings. The van der Waals surface area contributed by atoms with Crippen LogP contribution in [0.3, 0.4) is 0 Å². The number of hydrogen-bond donors (Lipinski definition) is 0. The highest BCUT2D eigenvalue weighted by Crippen LogP contribution is 2.13. The van der Waals surface area contributed by atoms with E-state index in [4.69, 9.17) is 0 Å². The lowest BCUT2D eigenvalue weighted by atomic mass is 10.1. The fraction of sp³-hybridized carbons (Fsp3) is 0.429. The Hall–Kier alpha value is -1.24. The molecule has 0 N–H and O–H groups in total. The van der Waals surface area contributed by atoms with Crippen molar-refractivity contribution in [2.24, 2.45) is 0 Å². The highest BCUT2D eigenvalue weighted by atomic mass is 15.1. The summed E-state index contributed by atoms with van der Waals surface area (Å²) in [6, 6.07) is 8.40. The molecule has 0 radical (unpaired) electrons. The van der Waals surface area contributed by atoms with Gasteiger partial charge in [0, 0.05) is 18.8 Å². The largest absolute Gasteiger partial charge is 0.375 e. The lowest BCUT2D eigenvalue weighted by molar-refractivity contribution is 0.321. The third-order valence-electron chi connectivity index (χ3n) is 3.24. The minimum Gasteiger partial charge on any atom is -0.375 e. The average molecular weight is 201 g/mol. The molecule has 0 spiro atoms. The molecule has 15 heavy (non-hydrogen) atoms. The van der Waals surface area contributed by atoms with Crippen molar-refractivity contribution in [3.8, 4) is 0 Å². The molecule has 0 bridgehead atoms. The molecule has 2 rings (SSSR count). The number of benzene rings is 1. The molecule has 1 aromatic carbocycles. The number of nitrogens with zero attached hydrogens (tertiary/aromatic N) is 1. The van der Waals surface area contributed by atoms with Crippen LogP contribution in [0, 0.1) is 0 Å². The third-order valence-corrected chi connectivity index (χ3v) is 3.24. The Morgan fingerprint density at radius 1 is 1.13 bits per heavy atom. The summed E-state index contributed by atoms with van der Waals surface area (Å²) in [7, 11) is 0. The molecule has 1 heterocycles. The molecule has 1 aliphatic heterocycles. The molecule has 0 unspecified atom stereocenters. The predicted octanol–water partition coefficient (Wildman–Crippen LogP) is 1.71. The van der Waals surface area contributed by atoms with Gasteiger partial charge in [-0.2, -0.15) is 0 Å². The summed E-state index contributed by atoms with van der Waals surface area (Å²) in [6.45, 7) is 8.72. The van der Waals surface area contributed by atoms with Gasteiger partial charge in [0.1, 0.15) is 0 Å². The fourth-order valence-electron chi connectivity index (χ4n) is 2.27. The van der Waals surface area contributed by atoms with Crippen molar-refractivity contribution < 1.29 is 0 Å². The second-order valence-electron chi connectivity index (χ2n) is 4.29. The van der Waals surface area contributed by atoms with Crippen LogP contribution in [-0.4, -0.2) is 18.0 Å². The van der Waals surface area contributed by atoms with Crippen LogP contribution in [0.5, 0.6) is 0 Å². The first-order chi connectivity index (χ1) is 7.29. The number of piperidine rings is 1. The summed E-state index contributed by atoms with van der Waals surface area (Å²) in [6.07, 6.45) is 4.04. The van der Waals surface area contributed by atoms with Crippen molar-refractivity contribution in [1.29, 1.82) is 0 Å². The molecule has 1 saturated heterocycles. The Morgan fingerprint density at radius 2 is 1.80 bits per heavy atom. The van der Waals surface area contributed by atoms with Gasteiger partial charge in [-0.05, 0) is 36.6 Å². The van der Waals surface area contributed by atoms with Gasteiger partial charge in [-0.25, -0.2) is 0 Å². The van der Waals surface area contributed by atoms with E-state index in [0.717, 1.165) is 5.22 Å². The summed E-state index contributed by atoms with van der Waals surface area (Å²) in [5.41, 5.74) is 1.39. The molecule has 0 atom stereocenters. The van der Waals surface area contributed by atoms with E-state index in [9.17, 15) is 0 Å². The third kappa shape index (κ3) is 2.23. The normalized spacial score (nSPS) is 18.9.